The van der Waals surface area contributed by atoms with Gasteiger partial charge in [0.1, 0.15) is 0 Å². The molecule has 0 aliphatic heterocycles. The van der Waals surface area contributed by atoms with Crippen molar-refractivity contribution in [2.45, 2.75) is 6.92 Å². The van der Waals surface area contributed by atoms with Crippen LogP contribution < -0.4 is 5.32 Å². The monoisotopic (exact) mass is 184 g/mol. The Bertz CT molecular complexity index is 312. The number of rotatable bonds is 1. The summed E-state index contributed by atoms with van der Waals surface area (Å²) in [5.41, 5.74) is 1.24. The number of amides is 1. The summed E-state index contributed by atoms with van der Waals surface area (Å²) in [7, 11) is 1.56. The van der Waals surface area contributed by atoms with E-state index in [0.717, 1.165) is 5.69 Å². The van der Waals surface area contributed by atoms with Crippen LogP contribution in [0.1, 0.15) is 16.1 Å². The summed E-state index contributed by atoms with van der Waals surface area (Å²) in [6.07, 6.45) is 1.47. The fourth-order valence-electron chi connectivity index (χ4n) is 0.852. The molecule has 4 heteroatoms. The summed E-state index contributed by atoms with van der Waals surface area (Å²) in [5, 5.41) is 2.87. The second-order valence-electron chi connectivity index (χ2n) is 2.38. The predicted octanol–water partition coefficient (Wildman–Crippen LogP) is 1.40. The topological polar surface area (TPSA) is 42.0 Å². The Morgan fingerprint density at radius 3 is 2.92 bits per heavy atom. The van der Waals surface area contributed by atoms with Crippen LogP contribution in [0.15, 0.2) is 12.3 Å². The molecule has 1 heterocycles. The molecule has 0 spiro atoms. The number of pyridine rings is 1. The van der Waals surface area contributed by atoms with Crippen LogP contribution in [-0.2, 0) is 0 Å². The number of aromatic nitrogens is 1. The second-order valence-corrected chi connectivity index (χ2v) is 2.79. The molecule has 0 saturated heterocycles. The third-order valence-corrected chi connectivity index (χ3v) is 1.76. The van der Waals surface area contributed by atoms with Gasteiger partial charge in [0.15, 0.2) is 0 Å². The minimum Gasteiger partial charge on any atom is -0.355 e. The van der Waals surface area contributed by atoms with Crippen molar-refractivity contribution in [2.24, 2.45) is 0 Å². The zero-order valence-corrected chi connectivity index (χ0v) is 7.64. The predicted molar refractivity (Wildman–Crippen MR) is 47.4 cm³/mol. The van der Waals surface area contributed by atoms with E-state index in [2.05, 4.69) is 10.3 Å². The zero-order chi connectivity index (χ0) is 9.14. The molecular weight excluding hydrogens is 176 g/mol. The first-order valence-corrected chi connectivity index (χ1v) is 3.87. The number of aryl methyl sites for hydroxylation is 1. The van der Waals surface area contributed by atoms with Gasteiger partial charge in [0.25, 0.3) is 5.91 Å². The van der Waals surface area contributed by atoms with Gasteiger partial charge < -0.3 is 5.32 Å². The molecule has 0 aromatic carbocycles. The normalized spacial score (nSPS) is 9.58. The molecular formula is C8H9ClN2O. The summed E-state index contributed by atoms with van der Waals surface area (Å²) in [4.78, 5) is 15.1. The van der Waals surface area contributed by atoms with E-state index in [0.29, 0.717) is 10.6 Å². The average molecular weight is 185 g/mol. The van der Waals surface area contributed by atoms with Gasteiger partial charge in [-0.05, 0) is 13.0 Å². The Morgan fingerprint density at radius 1 is 1.67 bits per heavy atom. The van der Waals surface area contributed by atoms with Gasteiger partial charge in [-0.2, -0.15) is 0 Å². The van der Waals surface area contributed by atoms with Gasteiger partial charge in [0, 0.05) is 18.9 Å². The Morgan fingerprint density at radius 2 is 2.33 bits per heavy atom. The van der Waals surface area contributed by atoms with Gasteiger partial charge in [-0.1, -0.05) is 11.6 Å². The maximum absolute atomic E-state index is 11.2. The largest absolute Gasteiger partial charge is 0.355 e. The van der Waals surface area contributed by atoms with Crippen LogP contribution in [0.4, 0.5) is 0 Å². The number of hydrogen-bond acceptors (Lipinski definition) is 2. The van der Waals surface area contributed by atoms with Crippen LogP contribution in [0, 0.1) is 6.92 Å². The third-order valence-electron chi connectivity index (χ3n) is 1.46. The molecule has 1 rings (SSSR count). The van der Waals surface area contributed by atoms with Crippen LogP contribution in [-0.4, -0.2) is 17.9 Å². The van der Waals surface area contributed by atoms with E-state index in [1.54, 1.807) is 13.1 Å². The lowest BCUT2D eigenvalue weighted by Gasteiger charge is -2.02. The molecule has 0 fully saturated rings. The average Bonchev–Trinajstić information content (AvgIpc) is 2.08. The van der Waals surface area contributed by atoms with Crippen molar-refractivity contribution >= 4 is 17.5 Å². The van der Waals surface area contributed by atoms with E-state index in [9.17, 15) is 4.79 Å². The van der Waals surface area contributed by atoms with Gasteiger partial charge in [-0.3, -0.25) is 9.78 Å². The van der Waals surface area contributed by atoms with E-state index < -0.39 is 0 Å². The molecule has 3 nitrogen and oxygen atoms in total. The molecule has 0 aliphatic rings. The third kappa shape index (κ3) is 1.74. The quantitative estimate of drug-likeness (QED) is 0.717. The molecule has 64 valence electrons. The van der Waals surface area contributed by atoms with E-state index in [-0.39, 0.29) is 5.91 Å². The minimum absolute atomic E-state index is 0.189. The van der Waals surface area contributed by atoms with Crippen LogP contribution in [0.25, 0.3) is 0 Å². The van der Waals surface area contributed by atoms with E-state index in [4.69, 9.17) is 11.6 Å². The number of carbonyl (C=O) groups is 1. The lowest BCUT2D eigenvalue weighted by molar-refractivity contribution is 0.0963. The first kappa shape index (κ1) is 9.00. The standard InChI is InChI=1S/C8H9ClN2O/c1-5-3-6(8(12)10-2)7(9)4-11-5/h3-4H,1-2H3,(H,10,12). The molecule has 0 atom stereocenters. The van der Waals surface area contributed by atoms with Gasteiger partial charge in [0.2, 0.25) is 0 Å². The number of halogens is 1. The van der Waals surface area contributed by atoms with Gasteiger partial charge in [0.05, 0.1) is 10.6 Å². The molecule has 0 saturated carbocycles. The summed E-state index contributed by atoms with van der Waals surface area (Å²) < 4.78 is 0. The Labute approximate surface area is 75.8 Å². The maximum atomic E-state index is 11.2. The lowest BCUT2D eigenvalue weighted by Crippen LogP contribution is -2.18. The van der Waals surface area contributed by atoms with Gasteiger partial charge in [-0.25, -0.2) is 0 Å². The van der Waals surface area contributed by atoms with Crippen molar-refractivity contribution in [1.82, 2.24) is 10.3 Å². The van der Waals surface area contributed by atoms with Crippen LogP contribution in [0.2, 0.25) is 5.02 Å². The van der Waals surface area contributed by atoms with Crippen LogP contribution in [0.3, 0.4) is 0 Å². The molecule has 0 bridgehead atoms. The van der Waals surface area contributed by atoms with Crippen molar-refractivity contribution in [3.05, 3.63) is 28.5 Å². The number of hydrogen-bond donors (Lipinski definition) is 1. The maximum Gasteiger partial charge on any atom is 0.252 e. The number of nitrogens with one attached hydrogen (secondary N) is 1. The fraction of sp³-hybridized carbons (Fsp3) is 0.250. The van der Waals surface area contributed by atoms with Crippen molar-refractivity contribution < 1.29 is 4.79 Å². The van der Waals surface area contributed by atoms with Gasteiger partial charge in [-0.15, -0.1) is 0 Å². The molecule has 1 aromatic rings. The van der Waals surface area contributed by atoms with Crippen molar-refractivity contribution in [3.8, 4) is 0 Å². The zero-order valence-electron chi connectivity index (χ0n) is 6.89. The highest BCUT2D eigenvalue weighted by Crippen LogP contribution is 2.14. The summed E-state index contributed by atoms with van der Waals surface area (Å²) in [6.45, 7) is 1.81. The molecule has 1 aromatic heterocycles. The van der Waals surface area contributed by atoms with E-state index >= 15 is 0 Å². The van der Waals surface area contributed by atoms with Crippen molar-refractivity contribution in [2.75, 3.05) is 7.05 Å². The highest BCUT2D eigenvalue weighted by atomic mass is 35.5. The molecule has 0 unspecified atom stereocenters. The summed E-state index contributed by atoms with van der Waals surface area (Å²) in [5.74, 6) is -0.189. The Kier molecular flexibility index (Phi) is 2.65. The van der Waals surface area contributed by atoms with Crippen LogP contribution >= 0.6 is 11.6 Å². The van der Waals surface area contributed by atoms with Crippen molar-refractivity contribution in [1.29, 1.82) is 0 Å². The SMILES string of the molecule is CNC(=O)c1cc(C)ncc1Cl. The van der Waals surface area contributed by atoms with Crippen molar-refractivity contribution in [3.63, 3.8) is 0 Å². The first-order valence-electron chi connectivity index (χ1n) is 3.49. The number of nitrogens with zero attached hydrogens (tertiary/aromatic N) is 1. The number of carbonyl (C=O) groups excluding carboxylic acids is 1. The molecule has 0 radical (unpaired) electrons. The fourth-order valence-corrected chi connectivity index (χ4v) is 1.04. The molecule has 0 aliphatic carbocycles. The molecule has 12 heavy (non-hydrogen) atoms. The van der Waals surface area contributed by atoms with Gasteiger partial charge >= 0.3 is 0 Å². The van der Waals surface area contributed by atoms with Crippen LogP contribution in [0.5, 0.6) is 0 Å². The Hall–Kier alpha value is -1.09. The van der Waals surface area contributed by atoms with E-state index in [1.165, 1.54) is 6.20 Å². The van der Waals surface area contributed by atoms with E-state index in [1.807, 2.05) is 6.92 Å². The smallest absolute Gasteiger partial charge is 0.252 e. The minimum atomic E-state index is -0.189. The highest BCUT2D eigenvalue weighted by Gasteiger charge is 2.08. The Balaban J connectivity index is 3.13. The molecule has 1 N–H and O–H groups in total. The summed E-state index contributed by atoms with van der Waals surface area (Å²) >= 11 is 5.75. The second kappa shape index (κ2) is 3.54. The molecule has 1 amide bonds. The highest BCUT2D eigenvalue weighted by molar-refractivity contribution is 6.33. The first-order chi connectivity index (χ1) is 5.65. The summed E-state index contributed by atoms with van der Waals surface area (Å²) in [6, 6.07) is 1.65. The lowest BCUT2D eigenvalue weighted by atomic mass is 10.2.